The first-order chi connectivity index (χ1) is 13.0. The maximum atomic E-state index is 13.1. The molecule has 0 aromatic heterocycles. The third-order valence-corrected chi connectivity index (χ3v) is 5.20. The molecule has 2 aromatic rings. The molecule has 1 aliphatic heterocycles. The summed E-state index contributed by atoms with van der Waals surface area (Å²) in [6.45, 7) is 7.10. The van der Waals surface area contributed by atoms with Crippen molar-refractivity contribution >= 4 is 17.5 Å². The number of halogens is 2. The molecule has 0 radical (unpaired) electrons. The van der Waals surface area contributed by atoms with Gasteiger partial charge < -0.3 is 5.32 Å². The molecule has 1 heterocycles. The first-order valence-corrected chi connectivity index (χ1v) is 9.58. The van der Waals surface area contributed by atoms with Crippen LogP contribution in [0.1, 0.15) is 16.7 Å². The lowest BCUT2D eigenvalue weighted by Crippen LogP contribution is -2.49. The van der Waals surface area contributed by atoms with E-state index < -0.39 is 0 Å². The van der Waals surface area contributed by atoms with Crippen molar-refractivity contribution in [3.63, 3.8) is 0 Å². The van der Waals surface area contributed by atoms with E-state index in [2.05, 4.69) is 15.1 Å². The zero-order valence-electron chi connectivity index (χ0n) is 15.5. The Hall–Kier alpha value is -1.95. The van der Waals surface area contributed by atoms with Crippen molar-refractivity contribution in [1.29, 1.82) is 0 Å². The van der Waals surface area contributed by atoms with Gasteiger partial charge in [-0.05, 0) is 30.2 Å². The number of carbonyl (C=O) groups excluding carboxylic acids is 1. The number of aryl methyl sites for hydroxylation is 1. The van der Waals surface area contributed by atoms with Gasteiger partial charge >= 0.3 is 0 Å². The molecule has 0 aliphatic carbocycles. The van der Waals surface area contributed by atoms with Gasteiger partial charge in [-0.3, -0.25) is 14.6 Å². The molecule has 3 rings (SSSR count). The average Bonchev–Trinajstić information content (AvgIpc) is 2.65. The van der Waals surface area contributed by atoms with Crippen molar-refractivity contribution in [1.82, 2.24) is 15.1 Å². The highest BCUT2D eigenvalue weighted by atomic mass is 35.5. The maximum absolute atomic E-state index is 13.1. The minimum absolute atomic E-state index is 0.0469. The monoisotopic (exact) mass is 389 g/mol. The lowest BCUT2D eigenvalue weighted by molar-refractivity contribution is -0.122. The van der Waals surface area contributed by atoms with Gasteiger partial charge in [0.1, 0.15) is 5.82 Å². The van der Waals surface area contributed by atoms with Crippen molar-refractivity contribution in [2.45, 2.75) is 20.0 Å². The van der Waals surface area contributed by atoms with Gasteiger partial charge in [-0.15, -0.1) is 0 Å². The Bertz CT molecular complexity index is 773. The Labute approximate surface area is 164 Å². The van der Waals surface area contributed by atoms with E-state index in [1.165, 1.54) is 17.7 Å². The van der Waals surface area contributed by atoms with Crippen molar-refractivity contribution in [3.8, 4) is 0 Å². The van der Waals surface area contributed by atoms with Crippen LogP contribution < -0.4 is 5.32 Å². The molecule has 1 amide bonds. The van der Waals surface area contributed by atoms with E-state index in [9.17, 15) is 9.18 Å². The highest BCUT2D eigenvalue weighted by Crippen LogP contribution is 2.19. The van der Waals surface area contributed by atoms with Crippen molar-refractivity contribution in [2.24, 2.45) is 0 Å². The molecule has 0 atom stereocenters. The van der Waals surface area contributed by atoms with Gasteiger partial charge in [0, 0.05) is 44.3 Å². The van der Waals surface area contributed by atoms with Gasteiger partial charge in [0.25, 0.3) is 0 Å². The van der Waals surface area contributed by atoms with Crippen LogP contribution in [-0.2, 0) is 17.9 Å². The Balaban J connectivity index is 1.39. The summed E-state index contributed by atoms with van der Waals surface area (Å²) < 4.78 is 13.1. The highest BCUT2D eigenvalue weighted by molar-refractivity contribution is 6.31. The van der Waals surface area contributed by atoms with Crippen LogP contribution in [0.25, 0.3) is 0 Å². The second-order valence-electron chi connectivity index (χ2n) is 7.05. The van der Waals surface area contributed by atoms with Crippen LogP contribution in [-0.4, -0.2) is 48.4 Å². The molecule has 0 spiro atoms. The van der Waals surface area contributed by atoms with E-state index in [1.54, 1.807) is 6.07 Å². The molecule has 6 heteroatoms. The number of hydrogen-bond acceptors (Lipinski definition) is 3. The first-order valence-electron chi connectivity index (χ1n) is 9.20. The van der Waals surface area contributed by atoms with E-state index in [1.807, 2.05) is 31.2 Å². The summed E-state index contributed by atoms with van der Waals surface area (Å²) in [7, 11) is 0. The van der Waals surface area contributed by atoms with Crippen LogP contribution >= 0.6 is 11.6 Å². The van der Waals surface area contributed by atoms with Gasteiger partial charge in [-0.2, -0.15) is 0 Å². The van der Waals surface area contributed by atoms with E-state index in [0.29, 0.717) is 24.7 Å². The fraction of sp³-hybridized carbons (Fsp3) is 0.381. The minimum atomic E-state index is -0.315. The molecule has 0 saturated carbocycles. The summed E-state index contributed by atoms with van der Waals surface area (Å²) in [5.41, 5.74) is 3.25. The van der Waals surface area contributed by atoms with Crippen molar-refractivity contribution < 1.29 is 9.18 Å². The van der Waals surface area contributed by atoms with Gasteiger partial charge in [-0.1, -0.05) is 47.5 Å². The predicted octanol–water partition coefficient (Wildman–Crippen LogP) is 3.22. The average molecular weight is 390 g/mol. The van der Waals surface area contributed by atoms with Crippen LogP contribution in [0.5, 0.6) is 0 Å². The number of piperazine rings is 1. The van der Waals surface area contributed by atoms with Crippen LogP contribution in [0.3, 0.4) is 0 Å². The number of nitrogens with one attached hydrogen (secondary N) is 1. The summed E-state index contributed by atoms with van der Waals surface area (Å²) in [6.07, 6.45) is 0. The molecular formula is C21H25ClFN3O. The van der Waals surface area contributed by atoms with Crippen LogP contribution in [0, 0.1) is 12.7 Å². The number of amides is 1. The maximum Gasteiger partial charge on any atom is 0.234 e. The minimum Gasteiger partial charge on any atom is -0.351 e. The molecule has 0 unspecified atom stereocenters. The number of benzene rings is 2. The summed E-state index contributed by atoms with van der Waals surface area (Å²) >= 11 is 6.11. The summed E-state index contributed by atoms with van der Waals surface area (Å²) in [4.78, 5) is 16.6. The smallest absolute Gasteiger partial charge is 0.234 e. The highest BCUT2D eigenvalue weighted by Gasteiger charge is 2.19. The van der Waals surface area contributed by atoms with Gasteiger partial charge in [-0.25, -0.2) is 4.39 Å². The molecule has 144 valence electrons. The summed E-state index contributed by atoms with van der Waals surface area (Å²) in [6, 6.07) is 12.7. The Kier molecular flexibility index (Phi) is 6.83. The molecular weight excluding hydrogens is 365 g/mol. The summed E-state index contributed by atoms with van der Waals surface area (Å²) in [5.74, 6) is -0.268. The quantitative estimate of drug-likeness (QED) is 0.824. The van der Waals surface area contributed by atoms with Crippen LogP contribution in [0.15, 0.2) is 42.5 Å². The van der Waals surface area contributed by atoms with E-state index in [0.717, 1.165) is 37.3 Å². The molecule has 27 heavy (non-hydrogen) atoms. The third kappa shape index (κ3) is 6.03. The number of rotatable bonds is 6. The molecule has 0 bridgehead atoms. The van der Waals surface area contributed by atoms with Crippen molar-refractivity contribution in [2.75, 3.05) is 32.7 Å². The van der Waals surface area contributed by atoms with Crippen molar-refractivity contribution in [3.05, 3.63) is 70.0 Å². The Morgan fingerprint density at radius 2 is 1.74 bits per heavy atom. The first kappa shape index (κ1) is 19.8. The third-order valence-electron chi connectivity index (χ3n) is 4.85. The van der Waals surface area contributed by atoms with E-state index >= 15 is 0 Å². The normalized spacial score (nSPS) is 15.7. The second-order valence-corrected chi connectivity index (χ2v) is 7.46. The molecule has 1 fully saturated rings. The van der Waals surface area contributed by atoms with Gasteiger partial charge in [0.2, 0.25) is 5.91 Å². The largest absolute Gasteiger partial charge is 0.351 e. The molecule has 4 nitrogen and oxygen atoms in total. The predicted molar refractivity (Wildman–Crippen MR) is 106 cm³/mol. The number of nitrogens with zero attached hydrogens (tertiary/aromatic N) is 2. The number of hydrogen-bond donors (Lipinski definition) is 1. The molecule has 1 N–H and O–H groups in total. The van der Waals surface area contributed by atoms with E-state index in [-0.39, 0.29) is 11.7 Å². The zero-order chi connectivity index (χ0) is 19.2. The topological polar surface area (TPSA) is 35.6 Å². The fourth-order valence-electron chi connectivity index (χ4n) is 3.16. The van der Waals surface area contributed by atoms with Gasteiger partial charge in [0.05, 0.1) is 6.54 Å². The molecule has 2 aromatic carbocycles. The Morgan fingerprint density at radius 1 is 1.07 bits per heavy atom. The SMILES string of the molecule is Cc1ccc(CNC(=O)CN2CCN(Cc3ccc(F)cc3Cl)CC2)cc1. The summed E-state index contributed by atoms with van der Waals surface area (Å²) in [5, 5.41) is 3.45. The Morgan fingerprint density at radius 3 is 2.41 bits per heavy atom. The molecule has 1 aliphatic rings. The second kappa shape index (κ2) is 9.31. The zero-order valence-corrected chi connectivity index (χ0v) is 16.3. The van der Waals surface area contributed by atoms with Gasteiger partial charge in [0.15, 0.2) is 0 Å². The van der Waals surface area contributed by atoms with Crippen LogP contribution in [0.4, 0.5) is 4.39 Å². The molecule has 1 saturated heterocycles. The number of carbonyl (C=O) groups is 1. The van der Waals surface area contributed by atoms with E-state index in [4.69, 9.17) is 11.6 Å². The van der Waals surface area contributed by atoms with Crippen LogP contribution in [0.2, 0.25) is 5.02 Å². The lowest BCUT2D eigenvalue weighted by Gasteiger charge is -2.34. The lowest BCUT2D eigenvalue weighted by atomic mass is 10.1. The fourth-order valence-corrected chi connectivity index (χ4v) is 3.39. The standard InChI is InChI=1S/C21H25ClFN3O/c1-16-2-4-17(5-3-16)13-24-21(27)15-26-10-8-25(9-11-26)14-18-6-7-19(23)12-20(18)22/h2-7,12H,8-11,13-15H2,1H3,(H,24,27).